The molecule has 0 aromatic heterocycles. The molecule has 1 aliphatic rings. The standard InChI is InChI=1S/C14H17F3N2O/c15-14(16,17)13(20)18-12-7-4-8-19(10-12)9-11-5-2-1-3-6-11/h1-3,5-6,12H,4,7-10H2,(H,18,20)/t12-/m0/s1. The third-order valence-electron chi connectivity index (χ3n) is 3.35. The van der Waals surface area contributed by atoms with Crippen molar-refractivity contribution in [3.05, 3.63) is 35.9 Å². The molecule has 0 saturated carbocycles. The Morgan fingerprint density at radius 2 is 2.00 bits per heavy atom. The molecule has 3 nitrogen and oxygen atoms in total. The van der Waals surface area contributed by atoms with Crippen LogP contribution in [0.2, 0.25) is 0 Å². The minimum atomic E-state index is -4.80. The quantitative estimate of drug-likeness (QED) is 0.925. The molecule has 0 aliphatic carbocycles. The van der Waals surface area contributed by atoms with Crippen molar-refractivity contribution in [3.63, 3.8) is 0 Å². The zero-order valence-electron chi connectivity index (χ0n) is 11.0. The average molecular weight is 286 g/mol. The van der Waals surface area contributed by atoms with Crippen molar-refractivity contribution in [3.8, 4) is 0 Å². The van der Waals surface area contributed by atoms with Crippen molar-refractivity contribution in [2.45, 2.75) is 31.6 Å². The van der Waals surface area contributed by atoms with Gasteiger partial charge >= 0.3 is 12.1 Å². The van der Waals surface area contributed by atoms with Gasteiger partial charge in [0.1, 0.15) is 0 Å². The second kappa shape index (κ2) is 6.26. The predicted molar refractivity (Wildman–Crippen MR) is 68.9 cm³/mol. The molecular formula is C14H17F3N2O. The second-order valence-electron chi connectivity index (χ2n) is 5.03. The molecule has 1 heterocycles. The van der Waals surface area contributed by atoms with E-state index < -0.39 is 18.1 Å². The van der Waals surface area contributed by atoms with Crippen molar-refractivity contribution in [2.75, 3.05) is 13.1 Å². The first kappa shape index (κ1) is 14.8. The second-order valence-corrected chi connectivity index (χ2v) is 5.03. The maximum Gasteiger partial charge on any atom is 0.471 e. The van der Waals surface area contributed by atoms with E-state index in [2.05, 4.69) is 10.2 Å². The first-order chi connectivity index (χ1) is 9.45. The number of hydrogen-bond acceptors (Lipinski definition) is 2. The molecule has 1 fully saturated rings. The summed E-state index contributed by atoms with van der Waals surface area (Å²) in [6.45, 7) is 1.99. The van der Waals surface area contributed by atoms with Crippen molar-refractivity contribution >= 4 is 5.91 Å². The predicted octanol–water partition coefficient (Wildman–Crippen LogP) is 2.33. The summed E-state index contributed by atoms with van der Waals surface area (Å²) in [5, 5.41) is 2.07. The number of carbonyl (C=O) groups is 1. The van der Waals surface area contributed by atoms with Gasteiger partial charge in [-0.3, -0.25) is 9.69 Å². The Morgan fingerprint density at radius 1 is 1.30 bits per heavy atom. The van der Waals surface area contributed by atoms with Crippen LogP contribution in [0.3, 0.4) is 0 Å². The number of carbonyl (C=O) groups excluding carboxylic acids is 1. The molecule has 110 valence electrons. The Bertz CT molecular complexity index is 447. The van der Waals surface area contributed by atoms with Gasteiger partial charge in [-0.2, -0.15) is 13.2 Å². The zero-order valence-corrected chi connectivity index (χ0v) is 11.0. The van der Waals surface area contributed by atoms with Crippen LogP contribution < -0.4 is 5.32 Å². The molecule has 1 saturated heterocycles. The fourth-order valence-corrected chi connectivity index (χ4v) is 2.43. The van der Waals surface area contributed by atoms with Crippen LogP contribution in [-0.2, 0) is 11.3 Å². The number of halogens is 3. The summed E-state index contributed by atoms with van der Waals surface area (Å²) in [5.74, 6) is -1.84. The van der Waals surface area contributed by atoms with Crippen LogP contribution in [0.4, 0.5) is 13.2 Å². The van der Waals surface area contributed by atoms with Crippen LogP contribution in [-0.4, -0.2) is 36.1 Å². The van der Waals surface area contributed by atoms with Gasteiger partial charge in [0.05, 0.1) is 0 Å². The number of hydrogen-bond donors (Lipinski definition) is 1. The topological polar surface area (TPSA) is 32.3 Å². The van der Waals surface area contributed by atoms with Crippen LogP contribution in [0.5, 0.6) is 0 Å². The molecule has 1 amide bonds. The van der Waals surface area contributed by atoms with Crippen LogP contribution in [0.1, 0.15) is 18.4 Å². The average Bonchev–Trinajstić information content (AvgIpc) is 2.39. The summed E-state index contributed by atoms with van der Waals surface area (Å²) in [6, 6.07) is 9.33. The number of benzene rings is 1. The van der Waals surface area contributed by atoms with Gasteiger partial charge < -0.3 is 5.32 Å². The third-order valence-corrected chi connectivity index (χ3v) is 3.35. The summed E-state index contributed by atoms with van der Waals surface area (Å²) in [6.07, 6.45) is -3.43. The molecule has 6 heteroatoms. The maximum atomic E-state index is 12.2. The normalized spacial score (nSPS) is 20.6. The van der Waals surface area contributed by atoms with Gasteiger partial charge in [-0.15, -0.1) is 0 Å². The van der Waals surface area contributed by atoms with E-state index in [0.717, 1.165) is 18.5 Å². The molecule has 1 N–H and O–H groups in total. The molecule has 0 unspecified atom stereocenters. The fraction of sp³-hybridized carbons (Fsp3) is 0.500. The highest BCUT2D eigenvalue weighted by Gasteiger charge is 2.40. The van der Waals surface area contributed by atoms with Crippen molar-refractivity contribution < 1.29 is 18.0 Å². The van der Waals surface area contributed by atoms with Crippen LogP contribution >= 0.6 is 0 Å². The number of nitrogens with zero attached hydrogens (tertiary/aromatic N) is 1. The van der Waals surface area contributed by atoms with E-state index in [1.165, 1.54) is 0 Å². The summed E-state index contributed by atoms with van der Waals surface area (Å²) < 4.78 is 36.7. The molecule has 1 aromatic carbocycles. The number of amides is 1. The van der Waals surface area contributed by atoms with E-state index in [9.17, 15) is 18.0 Å². The zero-order chi connectivity index (χ0) is 14.6. The smallest absolute Gasteiger partial charge is 0.344 e. The van der Waals surface area contributed by atoms with Gasteiger partial charge in [-0.05, 0) is 24.9 Å². The van der Waals surface area contributed by atoms with E-state index in [-0.39, 0.29) is 0 Å². The van der Waals surface area contributed by atoms with Crippen LogP contribution in [0.15, 0.2) is 30.3 Å². The Hall–Kier alpha value is -1.56. The third kappa shape index (κ3) is 4.23. The summed E-state index contributed by atoms with van der Waals surface area (Å²) in [7, 11) is 0. The number of nitrogens with one attached hydrogen (secondary N) is 1. The summed E-state index contributed by atoms with van der Waals surface area (Å²) >= 11 is 0. The molecule has 0 spiro atoms. The number of likely N-dealkylation sites (tertiary alicyclic amines) is 1. The number of alkyl halides is 3. The largest absolute Gasteiger partial charge is 0.471 e. The van der Waals surface area contributed by atoms with E-state index in [1.54, 1.807) is 0 Å². The molecular weight excluding hydrogens is 269 g/mol. The van der Waals surface area contributed by atoms with Crippen LogP contribution in [0, 0.1) is 0 Å². The minimum Gasteiger partial charge on any atom is -0.344 e. The Balaban J connectivity index is 1.87. The van der Waals surface area contributed by atoms with Gasteiger partial charge in [-0.1, -0.05) is 30.3 Å². The molecule has 1 atom stereocenters. The minimum absolute atomic E-state index is 0.429. The maximum absolute atomic E-state index is 12.2. The molecule has 1 aliphatic heterocycles. The van der Waals surface area contributed by atoms with Crippen molar-refractivity contribution in [2.24, 2.45) is 0 Å². The SMILES string of the molecule is O=C(N[C@H]1CCCN(Cc2ccccc2)C1)C(F)(F)F. The van der Waals surface area contributed by atoms with E-state index in [0.29, 0.717) is 19.5 Å². The molecule has 2 rings (SSSR count). The number of rotatable bonds is 3. The first-order valence-corrected chi connectivity index (χ1v) is 6.59. The van der Waals surface area contributed by atoms with E-state index >= 15 is 0 Å². The van der Waals surface area contributed by atoms with Gasteiger partial charge in [0.25, 0.3) is 0 Å². The monoisotopic (exact) mass is 286 g/mol. The molecule has 1 aromatic rings. The fourth-order valence-electron chi connectivity index (χ4n) is 2.43. The summed E-state index contributed by atoms with van der Waals surface area (Å²) in [4.78, 5) is 13.0. The molecule has 0 bridgehead atoms. The highest BCUT2D eigenvalue weighted by Crippen LogP contribution is 2.18. The highest BCUT2D eigenvalue weighted by atomic mass is 19.4. The molecule has 20 heavy (non-hydrogen) atoms. The summed E-state index contributed by atoms with van der Waals surface area (Å²) in [5.41, 5.74) is 1.12. The highest BCUT2D eigenvalue weighted by molar-refractivity contribution is 5.81. The lowest BCUT2D eigenvalue weighted by Crippen LogP contribution is -2.50. The first-order valence-electron chi connectivity index (χ1n) is 6.59. The Labute approximate surface area is 115 Å². The molecule has 0 radical (unpaired) electrons. The van der Waals surface area contributed by atoms with Crippen molar-refractivity contribution in [1.29, 1.82) is 0 Å². The van der Waals surface area contributed by atoms with Gasteiger partial charge in [0.15, 0.2) is 0 Å². The van der Waals surface area contributed by atoms with Gasteiger partial charge in [-0.25, -0.2) is 0 Å². The van der Waals surface area contributed by atoms with Gasteiger partial charge in [0.2, 0.25) is 0 Å². The Kier molecular flexibility index (Phi) is 4.65. The van der Waals surface area contributed by atoms with Crippen molar-refractivity contribution in [1.82, 2.24) is 10.2 Å². The Morgan fingerprint density at radius 3 is 2.65 bits per heavy atom. The van der Waals surface area contributed by atoms with E-state index in [4.69, 9.17) is 0 Å². The lowest BCUT2D eigenvalue weighted by Gasteiger charge is -2.33. The van der Waals surface area contributed by atoms with E-state index in [1.807, 2.05) is 30.3 Å². The lowest BCUT2D eigenvalue weighted by molar-refractivity contribution is -0.174. The lowest BCUT2D eigenvalue weighted by atomic mass is 10.0. The van der Waals surface area contributed by atoms with Gasteiger partial charge in [0, 0.05) is 19.1 Å². The van der Waals surface area contributed by atoms with Crippen LogP contribution in [0.25, 0.3) is 0 Å². The number of piperidine rings is 1.